The van der Waals surface area contributed by atoms with Crippen molar-refractivity contribution in [3.63, 3.8) is 0 Å². The number of allylic oxidation sites excluding steroid dienone is 2. The van der Waals surface area contributed by atoms with Gasteiger partial charge >= 0.3 is 0 Å². The molecule has 3 nitrogen and oxygen atoms in total. The summed E-state index contributed by atoms with van der Waals surface area (Å²) in [5.41, 5.74) is 2.10. The molecule has 4 rings (SSSR count). The molecule has 0 radical (unpaired) electrons. The molecular formula is C27H46O3. The molecule has 0 aromatic rings. The molecule has 0 aliphatic heterocycles. The van der Waals surface area contributed by atoms with Crippen LogP contribution in [0.5, 0.6) is 0 Å². The Morgan fingerprint density at radius 2 is 1.73 bits per heavy atom. The first-order chi connectivity index (χ1) is 14.1. The Balaban J connectivity index is 1.50. The Bertz CT molecular complexity index is 656. The second-order valence-electron chi connectivity index (χ2n) is 12.4. The maximum Gasteiger partial charge on any atom is 0.0580 e. The van der Waals surface area contributed by atoms with Crippen LogP contribution >= 0.6 is 0 Å². The lowest BCUT2D eigenvalue weighted by Gasteiger charge is -2.61. The van der Waals surface area contributed by atoms with Gasteiger partial charge in [-0.15, -0.1) is 0 Å². The Kier molecular flexibility index (Phi) is 6.23. The summed E-state index contributed by atoms with van der Waals surface area (Å²) in [4.78, 5) is 0. The highest BCUT2D eigenvalue weighted by molar-refractivity contribution is 5.30. The number of aliphatic hydroxyl groups is 3. The van der Waals surface area contributed by atoms with Crippen molar-refractivity contribution < 1.29 is 15.3 Å². The van der Waals surface area contributed by atoms with E-state index < -0.39 is 0 Å². The zero-order chi connectivity index (χ0) is 21.8. The lowest BCUT2D eigenvalue weighted by atomic mass is 9.45. The fraction of sp³-hybridized carbons (Fsp3) is 0.926. The van der Waals surface area contributed by atoms with Crippen LogP contribution in [-0.4, -0.2) is 33.6 Å². The zero-order valence-electron chi connectivity index (χ0n) is 20.0. The standard InChI is InChI=1S/C27H46O3/c1-16(2)24(29)9-6-17(3)20-7-8-21-19-15-25(30)23-14-18(28)10-12-27(23,5)22(19)11-13-26(20,21)4/h8,16-20,22-25,28-30H,6-7,9-15H2,1-5H3/t17-,18-,19-,20+,22-,23+,24+,25-,26+,27+/m0/s1. The molecule has 0 bridgehead atoms. The number of aliphatic hydroxyl groups excluding tert-OH is 3. The second kappa shape index (κ2) is 8.19. The van der Waals surface area contributed by atoms with Crippen LogP contribution in [0, 0.1) is 46.3 Å². The summed E-state index contributed by atoms with van der Waals surface area (Å²) in [5.74, 6) is 3.08. The molecule has 3 fully saturated rings. The maximum atomic E-state index is 11.1. The molecule has 3 saturated carbocycles. The van der Waals surface area contributed by atoms with Crippen LogP contribution in [0.2, 0.25) is 0 Å². The van der Waals surface area contributed by atoms with Gasteiger partial charge in [-0.2, -0.15) is 0 Å². The van der Waals surface area contributed by atoms with Crippen molar-refractivity contribution in [1.29, 1.82) is 0 Å². The minimum Gasteiger partial charge on any atom is -0.393 e. The topological polar surface area (TPSA) is 60.7 Å². The van der Waals surface area contributed by atoms with Crippen LogP contribution in [0.3, 0.4) is 0 Å². The van der Waals surface area contributed by atoms with Crippen molar-refractivity contribution in [1.82, 2.24) is 0 Å². The predicted octanol–water partition coefficient (Wildman–Crippen LogP) is 5.33. The lowest BCUT2D eigenvalue weighted by molar-refractivity contribution is -0.140. The lowest BCUT2D eigenvalue weighted by Crippen LogP contribution is -2.56. The molecule has 0 aromatic heterocycles. The summed E-state index contributed by atoms with van der Waals surface area (Å²) in [6.07, 6.45) is 11.3. The molecule has 30 heavy (non-hydrogen) atoms. The average molecular weight is 419 g/mol. The largest absolute Gasteiger partial charge is 0.393 e. The average Bonchev–Trinajstić information content (AvgIpc) is 3.04. The smallest absolute Gasteiger partial charge is 0.0580 e. The highest BCUT2D eigenvalue weighted by Crippen LogP contribution is 2.66. The highest BCUT2D eigenvalue weighted by atomic mass is 16.3. The van der Waals surface area contributed by atoms with Crippen molar-refractivity contribution in [2.45, 2.75) is 111 Å². The third kappa shape index (κ3) is 3.61. The number of hydrogen-bond acceptors (Lipinski definition) is 3. The van der Waals surface area contributed by atoms with E-state index in [-0.39, 0.29) is 35.1 Å². The van der Waals surface area contributed by atoms with Crippen LogP contribution in [0.1, 0.15) is 92.4 Å². The molecule has 0 saturated heterocycles. The number of hydrogen-bond donors (Lipinski definition) is 3. The normalized spacial score (nSPS) is 47.8. The van der Waals surface area contributed by atoms with Gasteiger partial charge in [0.15, 0.2) is 0 Å². The molecule has 4 aliphatic carbocycles. The predicted molar refractivity (Wildman–Crippen MR) is 122 cm³/mol. The van der Waals surface area contributed by atoms with Gasteiger partial charge in [0, 0.05) is 0 Å². The third-order valence-electron chi connectivity index (χ3n) is 10.5. The van der Waals surface area contributed by atoms with Crippen molar-refractivity contribution in [3.05, 3.63) is 11.6 Å². The van der Waals surface area contributed by atoms with Gasteiger partial charge in [0.05, 0.1) is 18.3 Å². The zero-order valence-corrected chi connectivity index (χ0v) is 20.0. The molecule has 10 atom stereocenters. The van der Waals surface area contributed by atoms with Gasteiger partial charge in [0.2, 0.25) is 0 Å². The fourth-order valence-electron chi connectivity index (χ4n) is 8.47. The van der Waals surface area contributed by atoms with E-state index in [0.29, 0.717) is 29.6 Å². The SMILES string of the molecule is CC(C)[C@H](O)CC[C@H](C)[C@H]1CC=C2[C@@H]3C[C@H](O)[C@H]4C[C@@H](O)CC[C@]4(C)[C@H]3CC[C@@]21C. The Morgan fingerprint density at radius 1 is 1.00 bits per heavy atom. The van der Waals surface area contributed by atoms with Gasteiger partial charge in [0.1, 0.15) is 0 Å². The first-order valence-electron chi connectivity index (χ1n) is 12.8. The van der Waals surface area contributed by atoms with E-state index in [4.69, 9.17) is 0 Å². The van der Waals surface area contributed by atoms with Gasteiger partial charge in [-0.3, -0.25) is 0 Å². The van der Waals surface area contributed by atoms with E-state index in [2.05, 4.69) is 40.7 Å². The van der Waals surface area contributed by atoms with E-state index in [9.17, 15) is 15.3 Å². The van der Waals surface area contributed by atoms with Crippen molar-refractivity contribution in [2.24, 2.45) is 46.3 Å². The summed E-state index contributed by atoms with van der Waals surface area (Å²) in [7, 11) is 0. The van der Waals surface area contributed by atoms with Crippen LogP contribution in [0.4, 0.5) is 0 Å². The van der Waals surface area contributed by atoms with Crippen LogP contribution < -0.4 is 0 Å². The van der Waals surface area contributed by atoms with Crippen LogP contribution in [0.15, 0.2) is 11.6 Å². The second-order valence-corrected chi connectivity index (χ2v) is 12.4. The highest BCUT2D eigenvalue weighted by Gasteiger charge is 2.60. The Labute approximate surface area is 184 Å². The summed E-state index contributed by atoms with van der Waals surface area (Å²) >= 11 is 0. The molecular weight excluding hydrogens is 372 g/mol. The minimum atomic E-state index is -0.271. The monoisotopic (exact) mass is 418 g/mol. The molecule has 0 unspecified atom stereocenters. The van der Waals surface area contributed by atoms with Gasteiger partial charge in [0.25, 0.3) is 0 Å². The summed E-state index contributed by atoms with van der Waals surface area (Å²) < 4.78 is 0. The Hall–Kier alpha value is -0.380. The summed E-state index contributed by atoms with van der Waals surface area (Å²) in [6.45, 7) is 11.6. The molecule has 3 heteroatoms. The molecule has 3 N–H and O–H groups in total. The van der Waals surface area contributed by atoms with Gasteiger partial charge in [-0.1, -0.05) is 46.3 Å². The van der Waals surface area contributed by atoms with E-state index in [0.717, 1.165) is 38.5 Å². The van der Waals surface area contributed by atoms with E-state index >= 15 is 0 Å². The van der Waals surface area contributed by atoms with Gasteiger partial charge in [-0.25, -0.2) is 0 Å². The van der Waals surface area contributed by atoms with E-state index in [1.807, 2.05) is 0 Å². The molecule has 172 valence electrons. The first kappa shape index (κ1) is 22.8. The number of rotatable bonds is 5. The van der Waals surface area contributed by atoms with Crippen LogP contribution in [-0.2, 0) is 0 Å². The minimum absolute atomic E-state index is 0.175. The van der Waals surface area contributed by atoms with Gasteiger partial charge < -0.3 is 15.3 Å². The molecule has 4 aliphatic rings. The van der Waals surface area contributed by atoms with Crippen molar-refractivity contribution >= 4 is 0 Å². The molecule has 0 aromatic carbocycles. The molecule has 0 spiro atoms. The first-order valence-corrected chi connectivity index (χ1v) is 12.8. The van der Waals surface area contributed by atoms with Gasteiger partial charge in [-0.05, 0) is 104 Å². The molecule has 0 heterocycles. The quantitative estimate of drug-likeness (QED) is 0.529. The Morgan fingerprint density at radius 3 is 2.43 bits per heavy atom. The van der Waals surface area contributed by atoms with Crippen LogP contribution in [0.25, 0.3) is 0 Å². The molecule has 0 amide bonds. The fourth-order valence-corrected chi connectivity index (χ4v) is 8.47. The summed E-state index contributed by atoms with van der Waals surface area (Å²) in [6, 6.07) is 0. The van der Waals surface area contributed by atoms with Crippen molar-refractivity contribution in [3.8, 4) is 0 Å². The maximum absolute atomic E-state index is 11.1. The van der Waals surface area contributed by atoms with E-state index in [1.54, 1.807) is 5.57 Å². The number of fused-ring (bicyclic) bond motifs is 5. The van der Waals surface area contributed by atoms with E-state index in [1.165, 1.54) is 19.3 Å². The van der Waals surface area contributed by atoms with Crippen molar-refractivity contribution in [2.75, 3.05) is 0 Å². The third-order valence-corrected chi connectivity index (χ3v) is 10.5. The summed E-state index contributed by atoms with van der Waals surface area (Å²) in [5, 5.41) is 31.7.